The van der Waals surface area contributed by atoms with Gasteiger partial charge in [-0.15, -0.1) is 0 Å². The summed E-state index contributed by atoms with van der Waals surface area (Å²) in [5, 5.41) is 0. The number of Topliss-reactive ketones (excluding diaryl/α,β-unsaturated/α-hetero) is 2. The number of allylic oxidation sites excluding steroid dienone is 6. The summed E-state index contributed by atoms with van der Waals surface area (Å²) in [6.45, 7) is 4.56. The number of carbonyl (C=O) groups excluding carboxylic acids is 2. The van der Waals surface area contributed by atoms with Gasteiger partial charge < -0.3 is 14.7 Å². The van der Waals surface area contributed by atoms with Crippen LogP contribution in [-0.2, 0) is 0 Å². The first-order chi connectivity index (χ1) is 23.0. The summed E-state index contributed by atoms with van der Waals surface area (Å²) in [7, 11) is 8.23. The number of fused-ring (bicyclic) bond motifs is 2. The van der Waals surface area contributed by atoms with E-state index in [9.17, 15) is 9.59 Å². The molecule has 0 aliphatic heterocycles. The number of nitrogens with zero attached hydrogens (tertiary/aromatic N) is 3. The normalized spacial score (nSPS) is 18.2. The molecular formula is C43H43N3O2. The summed E-state index contributed by atoms with van der Waals surface area (Å²) in [6.07, 6.45) is 7.22. The smallest absolute Gasteiger partial charge is 0.197 e. The van der Waals surface area contributed by atoms with Crippen LogP contribution in [0, 0.1) is 11.3 Å². The van der Waals surface area contributed by atoms with Crippen molar-refractivity contribution in [1.29, 1.82) is 0 Å². The lowest BCUT2D eigenvalue weighted by Crippen LogP contribution is -2.31. The fourth-order valence-electron chi connectivity index (χ4n) is 7.69. The summed E-state index contributed by atoms with van der Waals surface area (Å²) in [5.41, 5.74) is 11.5. The van der Waals surface area contributed by atoms with Crippen LogP contribution in [-0.4, -0.2) is 39.8 Å². The van der Waals surface area contributed by atoms with Crippen LogP contribution in [0.2, 0.25) is 0 Å². The molecule has 5 heteroatoms. The Bertz CT molecular complexity index is 1900. The zero-order chi connectivity index (χ0) is 33.7. The van der Waals surface area contributed by atoms with Crippen LogP contribution in [0.15, 0.2) is 126 Å². The maximum Gasteiger partial charge on any atom is 0.197 e. The minimum atomic E-state index is -0.135. The highest BCUT2D eigenvalue weighted by Gasteiger charge is 2.42. The maximum atomic E-state index is 13.4. The fourth-order valence-corrected chi connectivity index (χ4v) is 7.69. The summed E-state index contributed by atoms with van der Waals surface area (Å²) in [5.74, 6) is 0.110. The number of hydrogen-bond acceptors (Lipinski definition) is 5. The molecule has 0 saturated heterocycles. The van der Waals surface area contributed by atoms with Gasteiger partial charge in [0.25, 0.3) is 0 Å². The molecule has 4 aromatic rings. The van der Waals surface area contributed by atoms with Crippen LogP contribution in [0.1, 0.15) is 59.4 Å². The molecule has 0 bridgehead atoms. The lowest BCUT2D eigenvalue weighted by molar-refractivity contribution is 0.0985. The molecule has 1 unspecified atom stereocenters. The van der Waals surface area contributed by atoms with Crippen LogP contribution >= 0.6 is 0 Å². The van der Waals surface area contributed by atoms with E-state index in [0.717, 1.165) is 53.3 Å². The van der Waals surface area contributed by atoms with Crippen molar-refractivity contribution in [3.63, 3.8) is 0 Å². The van der Waals surface area contributed by atoms with Crippen molar-refractivity contribution in [2.45, 2.75) is 33.1 Å². The number of hydrogen-bond donors (Lipinski definition) is 0. The van der Waals surface area contributed by atoms with Crippen molar-refractivity contribution in [3.8, 4) is 0 Å². The predicted molar refractivity (Wildman–Crippen MR) is 199 cm³/mol. The second-order valence-corrected chi connectivity index (χ2v) is 14.4. The molecule has 7 rings (SSSR count). The van der Waals surface area contributed by atoms with E-state index in [-0.39, 0.29) is 17.0 Å². The third-order valence-electron chi connectivity index (χ3n) is 10.3. The van der Waals surface area contributed by atoms with E-state index in [4.69, 9.17) is 0 Å². The van der Waals surface area contributed by atoms with Crippen molar-refractivity contribution in [1.82, 2.24) is 0 Å². The van der Waals surface area contributed by atoms with Crippen molar-refractivity contribution in [3.05, 3.63) is 143 Å². The predicted octanol–water partition coefficient (Wildman–Crippen LogP) is 9.81. The Kier molecular flexibility index (Phi) is 7.95. The second kappa shape index (κ2) is 12.1. The lowest BCUT2D eigenvalue weighted by Gasteiger charge is -2.42. The average Bonchev–Trinajstić information content (AvgIpc) is 3.34. The Hall–Kier alpha value is -5.16. The van der Waals surface area contributed by atoms with E-state index in [1.807, 2.05) is 12.1 Å². The number of carbonyl (C=O) groups is 2. The molecule has 4 aromatic carbocycles. The molecule has 0 spiro atoms. The van der Waals surface area contributed by atoms with Gasteiger partial charge in [-0.2, -0.15) is 0 Å². The zero-order valence-corrected chi connectivity index (χ0v) is 28.7. The molecule has 3 aliphatic rings. The summed E-state index contributed by atoms with van der Waals surface area (Å²) in [4.78, 5) is 33.4. The van der Waals surface area contributed by atoms with Gasteiger partial charge in [0.2, 0.25) is 0 Å². The Morgan fingerprint density at radius 1 is 0.604 bits per heavy atom. The van der Waals surface area contributed by atoms with Gasteiger partial charge in [0, 0.05) is 67.8 Å². The minimum absolute atomic E-state index is 0.0571. The molecule has 0 N–H and O–H groups in total. The highest BCUT2D eigenvalue weighted by Crippen LogP contribution is 2.51. The minimum Gasteiger partial charge on any atom is -0.378 e. The van der Waals surface area contributed by atoms with Gasteiger partial charge in [0.15, 0.2) is 11.6 Å². The summed E-state index contributed by atoms with van der Waals surface area (Å²) >= 11 is 0. The van der Waals surface area contributed by atoms with Gasteiger partial charge in [-0.1, -0.05) is 62.4 Å². The number of rotatable bonds is 6. The van der Waals surface area contributed by atoms with Crippen LogP contribution in [0.5, 0.6) is 0 Å². The second-order valence-electron chi connectivity index (χ2n) is 14.4. The van der Waals surface area contributed by atoms with Gasteiger partial charge in [-0.25, -0.2) is 0 Å². The maximum absolute atomic E-state index is 13.4. The molecule has 0 amide bonds. The molecule has 3 aliphatic carbocycles. The Balaban J connectivity index is 1.24. The van der Waals surface area contributed by atoms with E-state index in [2.05, 4.69) is 142 Å². The Morgan fingerprint density at radius 2 is 1.06 bits per heavy atom. The average molecular weight is 634 g/mol. The van der Waals surface area contributed by atoms with E-state index in [1.54, 1.807) is 12.1 Å². The highest BCUT2D eigenvalue weighted by molar-refractivity contribution is 6.40. The van der Waals surface area contributed by atoms with Gasteiger partial charge in [-0.3, -0.25) is 9.59 Å². The number of ketones is 2. The Labute approximate surface area is 284 Å². The van der Waals surface area contributed by atoms with Gasteiger partial charge in [0.05, 0.1) is 5.57 Å². The molecule has 0 radical (unpaired) electrons. The van der Waals surface area contributed by atoms with E-state index in [1.165, 1.54) is 16.7 Å². The van der Waals surface area contributed by atoms with Gasteiger partial charge in [0.1, 0.15) is 0 Å². The van der Waals surface area contributed by atoms with Crippen LogP contribution in [0.25, 0.3) is 5.57 Å². The van der Waals surface area contributed by atoms with Crippen LogP contribution < -0.4 is 14.7 Å². The van der Waals surface area contributed by atoms with Crippen molar-refractivity contribution >= 4 is 45.6 Å². The molecule has 48 heavy (non-hydrogen) atoms. The first kappa shape index (κ1) is 31.4. The van der Waals surface area contributed by atoms with Crippen molar-refractivity contribution in [2.75, 3.05) is 42.9 Å². The summed E-state index contributed by atoms with van der Waals surface area (Å²) < 4.78 is 0. The van der Waals surface area contributed by atoms with Gasteiger partial charge >= 0.3 is 0 Å². The van der Waals surface area contributed by atoms with Crippen molar-refractivity contribution < 1.29 is 9.59 Å². The van der Waals surface area contributed by atoms with E-state index >= 15 is 0 Å². The Morgan fingerprint density at radius 3 is 1.54 bits per heavy atom. The zero-order valence-electron chi connectivity index (χ0n) is 28.7. The summed E-state index contributed by atoms with van der Waals surface area (Å²) in [6, 6.07) is 33.4. The third kappa shape index (κ3) is 5.57. The van der Waals surface area contributed by atoms with Crippen molar-refractivity contribution in [2.24, 2.45) is 11.3 Å². The molecule has 0 fully saturated rings. The number of anilines is 5. The highest BCUT2D eigenvalue weighted by atomic mass is 16.2. The molecule has 242 valence electrons. The third-order valence-corrected chi connectivity index (χ3v) is 10.3. The fraction of sp³-hybridized carbons (Fsp3) is 0.256. The molecule has 5 nitrogen and oxygen atoms in total. The first-order valence-corrected chi connectivity index (χ1v) is 16.8. The monoisotopic (exact) mass is 633 g/mol. The quantitative estimate of drug-likeness (QED) is 0.156. The molecule has 0 aromatic heterocycles. The first-order valence-electron chi connectivity index (χ1n) is 16.8. The standard InChI is InChI=1S/C43H43N3O2/c1-43(2)27-31(40-41(47)37-9-7-8-10-38(37)42(40)48)26-30-25-29(13-24-39(30)43)28-11-14-34(15-12-28)46(35-20-16-32(17-21-35)44(3)4)36-22-18-33(19-23-36)45(5)6/h7-12,14-23,25-26,39H,13,24,27H2,1-6H3. The lowest BCUT2D eigenvalue weighted by atomic mass is 9.62. The topological polar surface area (TPSA) is 43.9 Å². The van der Waals surface area contributed by atoms with Gasteiger partial charge in [-0.05, 0) is 114 Å². The largest absolute Gasteiger partial charge is 0.378 e. The molecule has 0 saturated carbocycles. The van der Waals surface area contributed by atoms with Crippen LogP contribution in [0.4, 0.5) is 28.4 Å². The molecule has 1 atom stereocenters. The SMILES string of the molecule is CN(C)c1ccc(N(c2ccc(C3=CC4=CC(=C5C(=O)c6ccccc6C5=O)CC(C)(C)C4CC3)cc2)c2ccc(N(C)C)cc2)cc1. The van der Waals surface area contributed by atoms with E-state index < -0.39 is 0 Å². The number of benzene rings is 4. The molecule has 0 heterocycles. The van der Waals surface area contributed by atoms with E-state index in [0.29, 0.717) is 22.6 Å². The van der Waals surface area contributed by atoms with Crippen LogP contribution in [0.3, 0.4) is 0 Å². The molecular weight excluding hydrogens is 590 g/mol.